The summed E-state index contributed by atoms with van der Waals surface area (Å²) in [5, 5.41) is 5.10. The van der Waals surface area contributed by atoms with Crippen LogP contribution in [0.25, 0.3) is 0 Å². The van der Waals surface area contributed by atoms with Gasteiger partial charge in [-0.05, 0) is 43.0 Å². The average molecular weight is 319 g/mol. The molecule has 1 aromatic carbocycles. The van der Waals surface area contributed by atoms with Crippen molar-refractivity contribution in [3.63, 3.8) is 0 Å². The zero-order chi connectivity index (χ0) is 16.2. The van der Waals surface area contributed by atoms with Gasteiger partial charge in [-0.1, -0.05) is 23.4 Å². The first-order valence-corrected chi connectivity index (χ1v) is 7.59. The SMILES string of the molecule is COC(=O)C(C)(C)Oc1ccc(C(N=O)c2cccs2)cc1. The predicted octanol–water partition coefficient (Wildman–Crippen LogP) is 3.93. The summed E-state index contributed by atoms with van der Waals surface area (Å²) in [6, 6.07) is 10.2. The highest BCUT2D eigenvalue weighted by Gasteiger charge is 2.31. The van der Waals surface area contributed by atoms with E-state index >= 15 is 0 Å². The number of rotatable bonds is 6. The quantitative estimate of drug-likeness (QED) is 0.597. The molecular weight excluding hydrogens is 302 g/mol. The first-order chi connectivity index (χ1) is 10.5. The third-order valence-electron chi connectivity index (χ3n) is 3.16. The van der Waals surface area contributed by atoms with E-state index in [0.717, 1.165) is 10.4 Å². The number of hydrogen-bond acceptors (Lipinski definition) is 6. The largest absolute Gasteiger partial charge is 0.476 e. The van der Waals surface area contributed by atoms with Gasteiger partial charge in [0, 0.05) is 4.88 Å². The second-order valence-corrected chi connectivity index (χ2v) is 6.18. The van der Waals surface area contributed by atoms with Crippen molar-refractivity contribution in [2.75, 3.05) is 7.11 Å². The maximum atomic E-state index is 11.6. The first-order valence-electron chi connectivity index (χ1n) is 6.71. The van der Waals surface area contributed by atoms with Gasteiger partial charge in [-0.25, -0.2) is 4.79 Å². The summed E-state index contributed by atoms with van der Waals surface area (Å²) in [5.74, 6) is 0.0672. The topological polar surface area (TPSA) is 65.0 Å². The minimum absolute atomic E-state index is 0.456. The molecule has 0 aliphatic rings. The monoisotopic (exact) mass is 319 g/mol. The van der Waals surface area contributed by atoms with Gasteiger partial charge in [0.2, 0.25) is 0 Å². The van der Waals surface area contributed by atoms with E-state index in [1.165, 1.54) is 18.4 Å². The van der Waals surface area contributed by atoms with Crippen LogP contribution in [0.2, 0.25) is 0 Å². The smallest absolute Gasteiger partial charge is 0.349 e. The minimum atomic E-state index is -1.08. The van der Waals surface area contributed by atoms with Crippen LogP contribution < -0.4 is 4.74 Å². The van der Waals surface area contributed by atoms with Crippen molar-refractivity contribution in [3.8, 4) is 5.75 Å². The Labute approximate surface area is 132 Å². The van der Waals surface area contributed by atoms with Gasteiger partial charge < -0.3 is 9.47 Å². The lowest BCUT2D eigenvalue weighted by molar-refractivity contribution is -0.156. The van der Waals surface area contributed by atoms with Crippen molar-refractivity contribution < 1.29 is 14.3 Å². The van der Waals surface area contributed by atoms with Crippen LogP contribution in [-0.4, -0.2) is 18.7 Å². The molecule has 0 radical (unpaired) electrons. The third kappa shape index (κ3) is 3.51. The molecule has 0 N–H and O–H groups in total. The molecule has 0 aliphatic heterocycles. The van der Waals surface area contributed by atoms with Crippen molar-refractivity contribution in [2.24, 2.45) is 5.18 Å². The summed E-state index contributed by atoms with van der Waals surface area (Å²) >= 11 is 1.49. The van der Waals surface area contributed by atoms with Crippen LogP contribution >= 0.6 is 11.3 Å². The molecule has 6 heteroatoms. The molecule has 5 nitrogen and oxygen atoms in total. The Morgan fingerprint density at radius 3 is 2.41 bits per heavy atom. The fourth-order valence-electron chi connectivity index (χ4n) is 2.02. The van der Waals surface area contributed by atoms with E-state index in [1.807, 2.05) is 17.5 Å². The lowest BCUT2D eigenvalue weighted by atomic mass is 10.1. The zero-order valence-electron chi connectivity index (χ0n) is 12.6. The Balaban J connectivity index is 2.17. The number of hydrogen-bond donors (Lipinski definition) is 0. The Hall–Kier alpha value is -2.21. The lowest BCUT2D eigenvalue weighted by Crippen LogP contribution is -2.39. The fraction of sp³-hybridized carbons (Fsp3) is 0.312. The van der Waals surface area contributed by atoms with Crippen LogP contribution in [0, 0.1) is 4.91 Å². The molecule has 1 unspecified atom stereocenters. The van der Waals surface area contributed by atoms with Gasteiger partial charge in [0.25, 0.3) is 0 Å². The Kier molecular flexibility index (Phi) is 4.92. The van der Waals surface area contributed by atoms with E-state index in [4.69, 9.17) is 9.47 Å². The Morgan fingerprint density at radius 1 is 1.23 bits per heavy atom. The Bertz CT molecular complexity index is 635. The second kappa shape index (κ2) is 6.70. The number of methoxy groups -OCH3 is 1. The number of ether oxygens (including phenoxy) is 2. The van der Waals surface area contributed by atoms with Gasteiger partial charge in [-0.3, -0.25) is 0 Å². The molecular formula is C16H17NO4S. The van der Waals surface area contributed by atoms with E-state index in [0.29, 0.717) is 5.75 Å². The van der Waals surface area contributed by atoms with Crippen LogP contribution in [0.1, 0.15) is 30.3 Å². The van der Waals surface area contributed by atoms with Crippen LogP contribution in [0.4, 0.5) is 0 Å². The number of benzene rings is 1. The van der Waals surface area contributed by atoms with Crippen LogP contribution in [-0.2, 0) is 9.53 Å². The van der Waals surface area contributed by atoms with Crippen LogP contribution in [0.3, 0.4) is 0 Å². The molecule has 0 saturated heterocycles. The van der Waals surface area contributed by atoms with Gasteiger partial charge >= 0.3 is 5.97 Å². The van der Waals surface area contributed by atoms with E-state index < -0.39 is 17.6 Å². The molecule has 116 valence electrons. The molecule has 22 heavy (non-hydrogen) atoms. The van der Waals surface area contributed by atoms with Gasteiger partial charge in [-0.15, -0.1) is 16.2 Å². The molecule has 2 rings (SSSR count). The highest BCUT2D eigenvalue weighted by atomic mass is 32.1. The molecule has 0 saturated carbocycles. The van der Waals surface area contributed by atoms with Crippen LogP contribution in [0.15, 0.2) is 47.0 Å². The minimum Gasteiger partial charge on any atom is -0.476 e. The van der Waals surface area contributed by atoms with Crippen molar-refractivity contribution >= 4 is 17.3 Å². The van der Waals surface area contributed by atoms with Crippen LogP contribution in [0.5, 0.6) is 5.75 Å². The van der Waals surface area contributed by atoms with Crippen molar-refractivity contribution in [2.45, 2.75) is 25.5 Å². The standard InChI is InChI=1S/C16H17NO4S/c1-16(2,15(18)20-3)21-12-8-6-11(7-9-12)14(17-19)13-5-4-10-22-13/h4-10,14H,1-3H3. The fourth-order valence-corrected chi connectivity index (χ4v) is 2.80. The molecule has 0 spiro atoms. The number of esters is 1. The molecule has 0 bridgehead atoms. The first kappa shape index (κ1) is 16.2. The summed E-state index contributed by atoms with van der Waals surface area (Å²) in [7, 11) is 1.32. The van der Waals surface area contributed by atoms with E-state index in [-0.39, 0.29) is 0 Å². The predicted molar refractivity (Wildman–Crippen MR) is 85.1 cm³/mol. The number of carbonyl (C=O) groups excluding carboxylic acids is 1. The maximum Gasteiger partial charge on any atom is 0.349 e. The van der Waals surface area contributed by atoms with Crippen molar-refractivity contribution in [1.82, 2.24) is 0 Å². The second-order valence-electron chi connectivity index (χ2n) is 5.20. The molecule has 2 aromatic rings. The lowest BCUT2D eigenvalue weighted by Gasteiger charge is -2.23. The Morgan fingerprint density at radius 2 is 1.91 bits per heavy atom. The average Bonchev–Trinajstić information content (AvgIpc) is 3.02. The van der Waals surface area contributed by atoms with Crippen molar-refractivity contribution in [3.05, 3.63) is 57.1 Å². The van der Waals surface area contributed by atoms with E-state index in [9.17, 15) is 9.70 Å². The van der Waals surface area contributed by atoms with Gasteiger partial charge in [-0.2, -0.15) is 0 Å². The third-order valence-corrected chi connectivity index (χ3v) is 4.09. The number of carbonyl (C=O) groups is 1. The molecule has 1 heterocycles. The highest BCUT2D eigenvalue weighted by molar-refractivity contribution is 7.10. The summed E-state index contributed by atoms with van der Waals surface area (Å²) in [6.07, 6.45) is 0. The summed E-state index contributed by atoms with van der Waals surface area (Å²) in [4.78, 5) is 23.6. The summed E-state index contributed by atoms with van der Waals surface area (Å²) < 4.78 is 10.3. The molecule has 1 atom stereocenters. The number of nitroso groups, excluding NO2 is 1. The zero-order valence-corrected chi connectivity index (χ0v) is 13.4. The normalized spacial score (nSPS) is 12.5. The molecule has 1 aromatic heterocycles. The summed E-state index contributed by atoms with van der Waals surface area (Å²) in [5.41, 5.74) is -0.299. The molecule has 0 fully saturated rings. The van der Waals surface area contributed by atoms with Gasteiger partial charge in [0.1, 0.15) is 5.75 Å². The summed E-state index contributed by atoms with van der Waals surface area (Å²) in [6.45, 7) is 3.27. The van der Waals surface area contributed by atoms with Crippen molar-refractivity contribution in [1.29, 1.82) is 0 Å². The molecule has 0 amide bonds. The number of nitrogens with zero attached hydrogens (tertiary/aromatic N) is 1. The molecule has 0 aliphatic carbocycles. The number of thiophene rings is 1. The van der Waals surface area contributed by atoms with Gasteiger partial charge in [0.15, 0.2) is 11.6 Å². The van der Waals surface area contributed by atoms with E-state index in [1.54, 1.807) is 38.1 Å². The van der Waals surface area contributed by atoms with Gasteiger partial charge in [0.05, 0.1) is 7.11 Å². The van der Waals surface area contributed by atoms with E-state index in [2.05, 4.69) is 5.18 Å². The highest BCUT2D eigenvalue weighted by Crippen LogP contribution is 2.31. The maximum absolute atomic E-state index is 11.6.